The maximum absolute atomic E-state index is 9.59. The summed E-state index contributed by atoms with van der Waals surface area (Å²) in [6.45, 7) is 0.575. The minimum atomic E-state index is 0.408. The molecular weight excluding hydrogens is 410 g/mol. The first-order chi connectivity index (χ1) is 15.3. The standard InChI is InChI=1S/C24H19N3O3S/c28-27-20-12-23(21-13-24-17(15-26-21)7-10-31-24)30-22-6-5-18(11-19(20)22)29-9-2-4-16-3-1-8-25-14-16/h1,3,5-8,10-15,28H,2,4,9H2/b27-20-. The van der Waals surface area contributed by atoms with Gasteiger partial charge in [-0.3, -0.25) is 9.97 Å². The van der Waals surface area contributed by atoms with Crippen molar-refractivity contribution >= 4 is 32.4 Å². The van der Waals surface area contributed by atoms with Crippen molar-refractivity contribution in [3.05, 3.63) is 83.4 Å². The van der Waals surface area contributed by atoms with Crippen LogP contribution in [0.1, 0.15) is 12.0 Å². The Kier molecular flexibility index (Phi) is 5.33. The number of rotatable bonds is 6. The number of fused-ring (bicyclic) bond motifs is 2. The van der Waals surface area contributed by atoms with Crippen LogP contribution in [0.2, 0.25) is 0 Å². The lowest BCUT2D eigenvalue weighted by molar-refractivity contribution is 0.302. The molecule has 5 rings (SSSR count). The summed E-state index contributed by atoms with van der Waals surface area (Å²) in [5.74, 6) is 1.24. The molecule has 154 valence electrons. The molecule has 0 saturated carbocycles. The first-order valence-corrected chi connectivity index (χ1v) is 10.8. The summed E-state index contributed by atoms with van der Waals surface area (Å²) in [6, 6.07) is 15.2. The van der Waals surface area contributed by atoms with Crippen molar-refractivity contribution in [2.45, 2.75) is 12.8 Å². The Hall–Kier alpha value is -3.71. The van der Waals surface area contributed by atoms with E-state index in [0.717, 1.165) is 22.9 Å². The molecule has 4 heterocycles. The smallest absolute Gasteiger partial charge is 0.155 e. The van der Waals surface area contributed by atoms with Gasteiger partial charge in [-0.2, -0.15) is 0 Å². The van der Waals surface area contributed by atoms with Crippen molar-refractivity contribution in [1.82, 2.24) is 9.97 Å². The molecule has 0 amide bonds. The molecule has 0 spiro atoms. The first-order valence-electron chi connectivity index (χ1n) is 9.91. The van der Waals surface area contributed by atoms with Crippen LogP contribution in [0.25, 0.3) is 32.5 Å². The molecule has 0 bridgehead atoms. The van der Waals surface area contributed by atoms with Crippen molar-refractivity contribution in [3.63, 3.8) is 0 Å². The van der Waals surface area contributed by atoms with Crippen LogP contribution in [-0.4, -0.2) is 21.8 Å². The lowest BCUT2D eigenvalue weighted by Gasteiger charge is -2.08. The molecule has 0 unspecified atom stereocenters. The van der Waals surface area contributed by atoms with Crippen LogP contribution >= 0.6 is 11.3 Å². The molecule has 0 radical (unpaired) electrons. The van der Waals surface area contributed by atoms with Crippen LogP contribution in [0.15, 0.2) is 82.1 Å². The van der Waals surface area contributed by atoms with Gasteiger partial charge >= 0.3 is 0 Å². The summed E-state index contributed by atoms with van der Waals surface area (Å²) in [5, 5.41) is 17.3. The second-order valence-electron chi connectivity index (χ2n) is 7.10. The second kappa shape index (κ2) is 8.57. The highest BCUT2D eigenvalue weighted by Crippen LogP contribution is 2.27. The zero-order valence-corrected chi connectivity index (χ0v) is 17.4. The molecule has 6 nitrogen and oxygen atoms in total. The number of pyridine rings is 2. The van der Waals surface area contributed by atoms with Gasteiger partial charge in [-0.15, -0.1) is 11.3 Å². The second-order valence-corrected chi connectivity index (χ2v) is 8.04. The van der Waals surface area contributed by atoms with Crippen LogP contribution < -0.4 is 10.1 Å². The van der Waals surface area contributed by atoms with Gasteiger partial charge in [-0.05, 0) is 60.2 Å². The lowest BCUT2D eigenvalue weighted by atomic mass is 10.1. The van der Waals surface area contributed by atoms with Crippen molar-refractivity contribution in [1.29, 1.82) is 0 Å². The SMILES string of the molecule is O/N=c1/cc(-c2cc3sccc3cn2)oc2ccc(OCCCc3cccnc3)cc12. The van der Waals surface area contributed by atoms with E-state index in [1.165, 1.54) is 5.56 Å². The van der Waals surface area contributed by atoms with Crippen molar-refractivity contribution < 1.29 is 14.4 Å². The van der Waals surface area contributed by atoms with E-state index in [2.05, 4.69) is 21.2 Å². The van der Waals surface area contributed by atoms with Gasteiger partial charge in [-0.1, -0.05) is 11.2 Å². The number of aryl methyl sites for hydroxylation is 1. The van der Waals surface area contributed by atoms with E-state index < -0.39 is 0 Å². The number of benzene rings is 1. The molecular formula is C24H19N3O3S. The molecule has 0 aliphatic carbocycles. The van der Waals surface area contributed by atoms with E-state index in [4.69, 9.17) is 9.15 Å². The van der Waals surface area contributed by atoms with E-state index in [-0.39, 0.29) is 0 Å². The molecule has 5 aromatic rings. The fourth-order valence-electron chi connectivity index (χ4n) is 3.45. The van der Waals surface area contributed by atoms with Crippen LogP contribution in [0, 0.1) is 0 Å². The Morgan fingerprint density at radius 3 is 2.94 bits per heavy atom. The Morgan fingerprint density at radius 1 is 1.10 bits per heavy atom. The van der Waals surface area contributed by atoms with E-state index >= 15 is 0 Å². The number of aromatic nitrogens is 2. The fourth-order valence-corrected chi connectivity index (χ4v) is 4.25. The number of nitrogens with zero attached hydrogens (tertiary/aromatic N) is 3. The number of ether oxygens (including phenoxy) is 1. The molecule has 0 fully saturated rings. The third kappa shape index (κ3) is 4.13. The van der Waals surface area contributed by atoms with Gasteiger partial charge in [0.15, 0.2) is 5.76 Å². The van der Waals surface area contributed by atoms with Crippen molar-refractivity contribution in [2.24, 2.45) is 5.16 Å². The Labute approximate surface area is 182 Å². The zero-order valence-electron chi connectivity index (χ0n) is 16.6. The summed E-state index contributed by atoms with van der Waals surface area (Å²) < 4.78 is 13.1. The predicted molar refractivity (Wildman–Crippen MR) is 120 cm³/mol. The van der Waals surface area contributed by atoms with Gasteiger partial charge in [0.1, 0.15) is 22.4 Å². The summed E-state index contributed by atoms with van der Waals surface area (Å²) in [5.41, 5.74) is 2.48. The first kappa shape index (κ1) is 19.3. The van der Waals surface area contributed by atoms with Crippen LogP contribution in [0.3, 0.4) is 0 Å². The van der Waals surface area contributed by atoms with Gasteiger partial charge in [0, 0.05) is 34.7 Å². The van der Waals surface area contributed by atoms with Crippen LogP contribution in [-0.2, 0) is 6.42 Å². The highest BCUT2D eigenvalue weighted by molar-refractivity contribution is 7.17. The predicted octanol–water partition coefficient (Wildman–Crippen LogP) is 5.41. The fraction of sp³-hybridized carbons (Fsp3) is 0.125. The third-order valence-corrected chi connectivity index (χ3v) is 5.89. The molecule has 0 aliphatic rings. The summed E-state index contributed by atoms with van der Waals surface area (Å²) in [4.78, 5) is 8.61. The monoisotopic (exact) mass is 429 g/mol. The summed E-state index contributed by atoms with van der Waals surface area (Å²) in [6.07, 6.45) is 7.24. The molecule has 1 aromatic carbocycles. The maximum Gasteiger partial charge on any atom is 0.155 e. The van der Waals surface area contributed by atoms with Crippen molar-refractivity contribution in [2.75, 3.05) is 6.61 Å². The highest BCUT2D eigenvalue weighted by atomic mass is 32.1. The zero-order chi connectivity index (χ0) is 21.0. The van der Waals surface area contributed by atoms with Crippen LogP contribution in [0.4, 0.5) is 0 Å². The molecule has 31 heavy (non-hydrogen) atoms. The largest absolute Gasteiger partial charge is 0.494 e. The van der Waals surface area contributed by atoms with Gasteiger partial charge in [-0.25, -0.2) is 0 Å². The number of hydrogen-bond acceptors (Lipinski definition) is 7. The van der Waals surface area contributed by atoms with Gasteiger partial charge in [0.05, 0.1) is 12.0 Å². The highest BCUT2D eigenvalue weighted by Gasteiger charge is 2.10. The Balaban J connectivity index is 1.38. The van der Waals surface area contributed by atoms with E-state index in [1.54, 1.807) is 23.6 Å². The number of thiophene rings is 1. The average Bonchev–Trinajstić information content (AvgIpc) is 3.30. The lowest BCUT2D eigenvalue weighted by Crippen LogP contribution is -2.05. The normalized spacial score (nSPS) is 11.9. The Morgan fingerprint density at radius 2 is 2.06 bits per heavy atom. The molecule has 0 aliphatic heterocycles. The van der Waals surface area contributed by atoms with Gasteiger partial charge in [0.2, 0.25) is 0 Å². The van der Waals surface area contributed by atoms with E-state index in [9.17, 15) is 5.21 Å². The van der Waals surface area contributed by atoms with E-state index in [1.807, 2.05) is 54.2 Å². The summed E-state index contributed by atoms with van der Waals surface area (Å²) >= 11 is 1.65. The number of hydrogen-bond donors (Lipinski definition) is 1. The Bertz CT molecular complexity index is 1410. The maximum atomic E-state index is 9.59. The minimum absolute atomic E-state index is 0.408. The molecule has 0 saturated heterocycles. The van der Waals surface area contributed by atoms with Crippen LogP contribution in [0.5, 0.6) is 5.75 Å². The quantitative estimate of drug-likeness (QED) is 0.222. The average molecular weight is 430 g/mol. The van der Waals surface area contributed by atoms with Crippen molar-refractivity contribution in [3.8, 4) is 17.2 Å². The van der Waals surface area contributed by atoms with E-state index in [0.29, 0.717) is 40.1 Å². The minimum Gasteiger partial charge on any atom is -0.494 e. The molecule has 4 aromatic heterocycles. The third-order valence-electron chi connectivity index (χ3n) is 5.01. The molecule has 7 heteroatoms. The summed E-state index contributed by atoms with van der Waals surface area (Å²) in [7, 11) is 0. The van der Waals surface area contributed by atoms with Gasteiger partial charge < -0.3 is 14.4 Å². The molecule has 0 atom stereocenters. The topological polar surface area (TPSA) is 80.7 Å². The van der Waals surface area contributed by atoms with Gasteiger partial charge in [0.25, 0.3) is 0 Å². The molecule has 1 N–H and O–H groups in total.